The Morgan fingerprint density at radius 1 is 1.47 bits per heavy atom. The summed E-state index contributed by atoms with van der Waals surface area (Å²) in [5.74, 6) is -0.150. The van der Waals surface area contributed by atoms with E-state index in [0.29, 0.717) is 11.3 Å². The first kappa shape index (κ1) is 13.5. The van der Waals surface area contributed by atoms with Crippen LogP contribution in [0.3, 0.4) is 0 Å². The van der Waals surface area contributed by atoms with E-state index in [2.05, 4.69) is 5.32 Å². The van der Waals surface area contributed by atoms with E-state index < -0.39 is 16.1 Å². The van der Waals surface area contributed by atoms with Gasteiger partial charge in [-0.3, -0.25) is 4.79 Å². The number of hydrogen-bond acceptors (Lipinski definition) is 4. The van der Waals surface area contributed by atoms with Crippen LogP contribution in [0.25, 0.3) is 0 Å². The number of carbonyl (C=O) groups is 1. The minimum Gasteiger partial charge on any atom is -0.326 e. The highest BCUT2D eigenvalue weighted by molar-refractivity contribution is 7.89. The van der Waals surface area contributed by atoms with Gasteiger partial charge in [-0.15, -0.1) is 0 Å². The molecule has 19 heavy (non-hydrogen) atoms. The molecule has 0 aromatic heterocycles. The van der Waals surface area contributed by atoms with Crippen LogP contribution in [-0.2, 0) is 21.2 Å². The summed E-state index contributed by atoms with van der Waals surface area (Å²) in [5.41, 5.74) is 1.30. The molecular formula is C12H13N3O3S. The molecule has 1 N–H and O–H groups in total. The first-order chi connectivity index (χ1) is 8.86. The predicted octanol–water partition coefficient (Wildman–Crippen LogP) is 0.714. The van der Waals surface area contributed by atoms with Gasteiger partial charge >= 0.3 is 0 Å². The fraction of sp³-hybridized carbons (Fsp3) is 0.333. The second-order valence-corrected chi connectivity index (χ2v) is 6.37. The summed E-state index contributed by atoms with van der Waals surface area (Å²) in [7, 11) is -2.36. The summed E-state index contributed by atoms with van der Waals surface area (Å²) in [6.45, 7) is 1.51. The molecule has 1 aromatic carbocycles. The Morgan fingerprint density at radius 2 is 2.16 bits per heavy atom. The van der Waals surface area contributed by atoms with E-state index in [4.69, 9.17) is 5.26 Å². The smallest absolute Gasteiger partial charge is 0.244 e. The summed E-state index contributed by atoms with van der Waals surface area (Å²) in [6, 6.07) is 5.60. The third-order valence-corrected chi connectivity index (χ3v) is 5.04. The van der Waals surface area contributed by atoms with E-state index in [1.54, 1.807) is 6.07 Å². The average Bonchev–Trinajstić information content (AvgIpc) is 2.75. The van der Waals surface area contributed by atoms with Crippen LogP contribution in [0.5, 0.6) is 0 Å². The van der Waals surface area contributed by atoms with Crippen molar-refractivity contribution in [3.63, 3.8) is 0 Å². The maximum Gasteiger partial charge on any atom is 0.244 e. The molecule has 7 heteroatoms. The zero-order valence-corrected chi connectivity index (χ0v) is 11.4. The van der Waals surface area contributed by atoms with E-state index in [1.165, 1.54) is 26.1 Å². The minimum absolute atomic E-state index is 0.0901. The number of rotatable bonds is 3. The van der Waals surface area contributed by atoms with Crippen LogP contribution in [0.2, 0.25) is 0 Å². The van der Waals surface area contributed by atoms with Crippen LogP contribution < -0.4 is 5.32 Å². The molecule has 2 rings (SSSR count). The summed E-state index contributed by atoms with van der Waals surface area (Å²) < 4.78 is 25.6. The third-order valence-electron chi connectivity index (χ3n) is 3.11. The largest absolute Gasteiger partial charge is 0.326 e. The molecule has 100 valence electrons. The van der Waals surface area contributed by atoms with Gasteiger partial charge in [-0.25, -0.2) is 8.42 Å². The monoisotopic (exact) mass is 279 g/mol. The van der Waals surface area contributed by atoms with Crippen molar-refractivity contribution in [3.05, 3.63) is 23.8 Å². The Labute approximate surface area is 111 Å². The molecule has 1 aliphatic rings. The van der Waals surface area contributed by atoms with Gasteiger partial charge in [0.15, 0.2) is 0 Å². The molecule has 1 aliphatic heterocycles. The Bertz CT molecular complexity index is 676. The van der Waals surface area contributed by atoms with Crippen molar-refractivity contribution in [2.45, 2.75) is 24.3 Å². The number of carbonyl (C=O) groups excluding carboxylic acids is 1. The normalized spacial score (nSPS) is 15.8. The SMILES string of the molecule is CC(C#N)N(C)S(=O)(=O)c1ccc2c(c1)CC(=O)N2. The Balaban J connectivity index is 2.41. The molecule has 1 amide bonds. The van der Waals surface area contributed by atoms with Crippen molar-refractivity contribution >= 4 is 21.6 Å². The Kier molecular flexibility index (Phi) is 3.30. The van der Waals surface area contributed by atoms with E-state index in [9.17, 15) is 13.2 Å². The minimum atomic E-state index is -3.72. The van der Waals surface area contributed by atoms with Crippen molar-refractivity contribution in [1.29, 1.82) is 5.26 Å². The molecule has 1 unspecified atom stereocenters. The second-order valence-electron chi connectivity index (χ2n) is 4.37. The zero-order valence-electron chi connectivity index (χ0n) is 10.5. The van der Waals surface area contributed by atoms with Crippen LogP contribution in [0, 0.1) is 11.3 Å². The van der Waals surface area contributed by atoms with Crippen LogP contribution in [0.4, 0.5) is 5.69 Å². The van der Waals surface area contributed by atoms with Crippen LogP contribution >= 0.6 is 0 Å². The van der Waals surface area contributed by atoms with Gasteiger partial charge in [0.2, 0.25) is 15.9 Å². The van der Waals surface area contributed by atoms with Gasteiger partial charge in [-0.2, -0.15) is 9.57 Å². The number of anilines is 1. The summed E-state index contributed by atoms with van der Waals surface area (Å²) in [4.78, 5) is 11.3. The van der Waals surface area contributed by atoms with Gasteiger partial charge in [0, 0.05) is 12.7 Å². The van der Waals surface area contributed by atoms with Gasteiger partial charge in [0.25, 0.3) is 0 Å². The molecule has 6 nitrogen and oxygen atoms in total. The lowest BCUT2D eigenvalue weighted by atomic mass is 10.2. The highest BCUT2D eigenvalue weighted by atomic mass is 32.2. The number of fused-ring (bicyclic) bond motifs is 1. The molecule has 0 fully saturated rings. The van der Waals surface area contributed by atoms with Crippen molar-refractivity contribution in [2.75, 3.05) is 12.4 Å². The van der Waals surface area contributed by atoms with Crippen molar-refractivity contribution < 1.29 is 13.2 Å². The van der Waals surface area contributed by atoms with E-state index in [-0.39, 0.29) is 17.2 Å². The number of hydrogen-bond donors (Lipinski definition) is 1. The summed E-state index contributed by atoms with van der Waals surface area (Å²) in [6.07, 6.45) is 0.177. The van der Waals surface area contributed by atoms with E-state index >= 15 is 0 Å². The molecule has 0 aliphatic carbocycles. The number of benzene rings is 1. The lowest BCUT2D eigenvalue weighted by Gasteiger charge is -2.19. The maximum absolute atomic E-state index is 12.3. The number of nitrogens with zero attached hydrogens (tertiary/aromatic N) is 2. The van der Waals surface area contributed by atoms with Crippen molar-refractivity contribution in [1.82, 2.24) is 4.31 Å². The standard InChI is InChI=1S/C12H13N3O3S/c1-8(7-13)15(2)19(17,18)10-3-4-11-9(5-10)6-12(16)14-11/h3-5,8H,6H2,1-2H3,(H,14,16). The first-order valence-electron chi connectivity index (χ1n) is 5.66. The fourth-order valence-electron chi connectivity index (χ4n) is 1.82. The number of amides is 1. The second kappa shape index (κ2) is 4.64. The van der Waals surface area contributed by atoms with Crippen molar-refractivity contribution in [2.24, 2.45) is 0 Å². The number of nitriles is 1. The first-order valence-corrected chi connectivity index (χ1v) is 7.10. The molecule has 1 atom stereocenters. The molecule has 0 bridgehead atoms. The molecule has 0 saturated heterocycles. The molecule has 1 heterocycles. The lowest BCUT2D eigenvalue weighted by molar-refractivity contribution is -0.115. The fourth-order valence-corrected chi connectivity index (χ4v) is 3.15. The van der Waals surface area contributed by atoms with Gasteiger partial charge in [0.05, 0.1) is 17.4 Å². The van der Waals surface area contributed by atoms with E-state index in [1.807, 2.05) is 6.07 Å². The van der Waals surface area contributed by atoms with Crippen molar-refractivity contribution in [3.8, 4) is 6.07 Å². The molecular weight excluding hydrogens is 266 g/mol. The Hall–Kier alpha value is -1.91. The van der Waals surface area contributed by atoms with Gasteiger partial charge < -0.3 is 5.32 Å². The quantitative estimate of drug-likeness (QED) is 0.882. The van der Waals surface area contributed by atoms with Crippen LogP contribution in [-0.4, -0.2) is 31.7 Å². The third kappa shape index (κ3) is 2.32. The zero-order chi connectivity index (χ0) is 14.2. The highest BCUT2D eigenvalue weighted by Gasteiger charge is 2.27. The lowest BCUT2D eigenvalue weighted by Crippen LogP contribution is -2.34. The maximum atomic E-state index is 12.3. The number of sulfonamides is 1. The predicted molar refractivity (Wildman–Crippen MR) is 68.8 cm³/mol. The van der Waals surface area contributed by atoms with Gasteiger partial charge in [0.1, 0.15) is 6.04 Å². The molecule has 1 aromatic rings. The van der Waals surface area contributed by atoms with Gasteiger partial charge in [-0.1, -0.05) is 0 Å². The van der Waals surface area contributed by atoms with Gasteiger partial charge in [-0.05, 0) is 30.7 Å². The van der Waals surface area contributed by atoms with Crippen LogP contribution in [0.15, 0.2) is 23.1 Å². The average molecular weight is 279 g/mol. The molecule has 0 radical (unpaired) electrons. The Morgan fingerprint density at radius 3 is 2.79 bits per heavy atom. The summed E-state index contributed by atoms with van der Waals surface area (Å²) in [5, 5.41) is 11.4. The molecule has 0 spiro atoms. The molecule has 0 saturated carbocycles. The highest BCUT2D eigenvalue weighted by Crippen LogP contribution is 2.27. The van der Waals surface area contributed by atoms with E-state index in [0.717, 1.165) is 4.31 Å². The summed E-state index contributed by atoms with van der Waals surface area (Å²) >= 11 is 0. The number of nitrogens with one attached hydrogen (secondary N) is 1. The topological polar surface area (TPSA) is 90.3 Å². The van der Waals surface area contributed by atoms with Crippen LogP contribution in [0.1, 0.15) is 12.5 Å².